The van der Waals surface area contributed by atoms with Crippen LogP contribution in [0.2, 0.25) is 0 Å². The summed E-state index contributed by atoms with van der Waals surface area (Å²) in [6.45, 7) is 0. The molecule has 0 bridgehead atoms. The molecule has 1 unspecified atom stereocenters. The smallest absolute Gasteiger partial charge is 0.333 e. The highest BCUT2D eigenvalue weighted by Crippen LogP contribution is 2.21. The van der Waals surface area contributed by atoms with Crippen molar-refractivity contribution in [2.75, 3.05) is 7.11 Å². The molecule has 0 aliphatic carbocycles. The van der Waals surface area contributed by atoms with E-state index >= 15 is 0 Å². The number of rotatable bonds is 4. The number of carbonyl (C=O) groups excluding carboxylic acids is 2. The number of carbonyl (C=O) groups is 2. The lowest BCUT2D eigenvalue weighted by Crippen LogP contribution is -2.34. The molecule has 25 heavy (non-hydrogen) atoms. The van der Waals surface area contributed by atoms with E-state index in [0.717, 1.165) is 9.86 Å². The minimum Gasteiger partial charge on any atom is -0.467 e. The van der Waals surface area contributed by atoms with Gasteiger partial charge in [0, 0.05) is 21.6 Å². The highest BCUT2D eigenvalue weighted by Gasteiger charge is 2.24. The summed E-state index contributed by atoms with van der Waals surface area (Å²) in [4.78, 5) is 29.2. The molecule has 0 radical (unpaired) electrons. The van der Waals surface area contributed by atoms with Crippen molar-refractivity contribution in [3.05, 3.63) is 76.4 Å². The first-order valence-corrected chi connectivity index (χ1v) is 8.37. The number of fused-ring (bicyclic) bond motifs is 1. The van der Waals surface area contributed by atoms with Gasteiger partial charge in [-0.2, -0.15) is 0 Å². The molecule has 1 heterocycles. The van der Waals surface area contributed by atoms with Crippen molar-refractivity contribution in [1.29, 1.82) is 0 Å². The highest BCUT2D eigenvalue weighted by atomic mass is 79.9. The molecular weight excluding hydrogens is 384 g/mol. The molecule has 0 saturated carbocycles. The van der Waals surface area contributed by atoms with Gasteiger partial charge in [0.05, 0.1) is 12.6 Å². The molecule has 2 aromatic carbocycles. The molecule has 3 rings (SSSR count). The van der Waals surface area contributed by atoms with Crippen LogP contribution in [-0.4, -0.2) is 24.0 Å². The number of pyridine rings is 1. The molecule has 0 fully saturated rings. The number of nitrogens with one attached hydrogen (secondary N) is 1. The Morgan fingerprint density at radius 3 is 2.56 bits per heavy atom. The van der Waals surface area contributed by atoms with Gasteiger partial charge < -0.3 is 10.1 Å². The van der Waals surface area contributed by atoms with Crippen LogP contribution < -0.4 is 5.32 Å². The van der Waals surface area contributed by atoms with E-state index in [1.807, 2.05) is 12.1 Å². The minimum absolute atomic E-state index is 0.364. The predicted molar refractivity (Wildman–Crippen MR) is 98.1 cm³/mol. The van der Waals surface area contributed by atoms with Gasteiger partial charge in [0.1, 0.15) is 0 Å². The summed E-state index contributed by atoms with van der Waals surface area (Å²) in [5, 5.41) is 3.48. The fourth-order valence-electron chi connectivity index (χ4n) is 2.56. The lowest BCUT2D eigenvalue weighted by atomic mass is 10.0. The van der Waals surface area contributed by atoms with Crippen molar-refractivity contribution in [1.82, 2.24) is 10.3 Å². The zero-order valence-electron chi connectivity index (χ0n) is 13.4. The van der Waals surface area contributed by atoms with E-state index in [2.05, 4.69) is 26.2 Å². The van der Waals surface area contributed by atoms with Crippen molar-refractivity contribution >= 4 is 38.7 Å². The Labute approximate surface area is 153 Å². The van der Waals surface area contributed by atoms with E-state index in [-0.39, 0.29) is 5.91 Å². The van der Waals surface area contributed by atoms with Gasteiger partial charge in [0.25, 0.3) is 5.91 Å². The summed E-state index contributed by atoms with van der Waals surface area (Å²) in [5.74, 6) is -0.897. The molecule has 3 aromatic rings. The van der Waals surface area contributed by atoms with Crippen molar-refractivity contribution < 1.29 is 14.3 Å². The molecule has 1 N–H and O–H groups in total. The third-order valence-corrected chi connectivity index (χ3v) is 4.33. The Balaban J connectivity index is 1.94. The van der Waals surface area contributed by atoms with E-state index in [1.54, 1.807) is 48.7 Å². The van der Waals surface area contributed by atoms with Gasteiger partial charge in [-0.05, 0) is 35.9 Å². The van der Waals surface area contributed by atoms with Crippen molar-refractivity contribution in [3.8, 4) is 0 Å². The Morgan fingerprint density at radius 1 is 1.08 bits per heavy atom. The summed E-state index contributed by atoms with van der Waals surface area (Å²) < 4.78 is 5.72. The lowest BCUT2D eigenvalue weighted by Gasteiger charge is -2.17. The van der Waals surface area contributed by atoms with Crippen LogP contribution in [0.15, 0.2) is 65.3 Å². The van der Waals surface area contributed by atoms with Crippen molar-refractivity contribution in [3.63, 3.8) is 0 Å². The fraction of sp³-hybridized carbons (Fsp3) is 0.105. The molecule has 5 nitrogen and oxygen atoms in total. The van der Waals surface area contributed by atoms with Gasteiger partial charge in [-0.3, -0.25) is 9.78 Å². The van der Waals surface area contributed by atoms with Crippen LogP contribution >= 0.6 is 15.9 Å². The molecule has 0 spiro atoms. The van der Waals surface area contributed by atoms with Crippen LogP contribution in [-0.2, 0) is 9.53 Å². The number of halogens is 1. The SMILES string of the molecule is COC(=O)C(NC(=O)c1cccc2ncccc12)c1ccc(Br)cc1. The summed E-state index contributed by atoms with van der Waals surface area (Å²) >= 11 is 3.35. The van der Waals surface area contributed by atoms with E-state index in [1.165, 1.54) is 7.11 Å². The monoisotopic (exact) mass is 398 g/mol. The molecule has 1 aromatic heterocycles. The number of benzene rings is 2. The summed E-state index contributed by atoms with van der Waals surface area (Å²) in [6, 6.07) is 15.1. The van der Waals surface area contributed by atoms with Crippen molar-refractivity contribution in [2.45, 2.75) is 6.04 Å². The zero-order chi connectivity index (χ0) is 17.8. The van der Waals surface area contributed by atoms with Gasteiger partial charge >= 0.3 is 5.97 Å². The standard InChI is InChI=1S/C19H15BrN2O3/c1-25-19(24)17(12-7-9-13(20)10-8-12)22-18(23)15-4-2-6-16-14(15)5-3-11-21-16/h2-11,17H,1H3,(H,22,23). The quantitative estimate of drug-likeness (QED) is 0.681. The van der Waals surface area contributed by atoms with E-state index in [9.17, 15) is 9.59 Å². The first kappa shape index (κ1) is 17.1. The van der Waals surface area contributed by atoms with Crippen LogP contribution in [0.25, 0.3) is 10.9 Å². The highest BCUT2D eigenvalue weighted by molar-refractivity contribution is 9.10. The number of esters is 1. The van der Waals surface area contributed by atoms with Gasteiger partial charge in [-0.25, -0.2) is 4.79 Å². The van der Waals surface area contributed by atoms with E-state index in [0.29, 0.717) is 16.6 Å². The average Bonchev–Trinajstić information content (AvgIpc) is 2.65. The number of hydrogen-bond donors (Lipinski definition) is 1. The Hall–Kier alpha value is -2.73. The van der Waals surface area contributed by atoms with E-state index in [4.69, 9.17) is 4.74 Å². The summed E-state index contributed by atoms with van der Waals surface area (Å²) in [6.07, 6.45) is 1.67. The van der Waals surface area contributed by atoms with E-state index < -0.39 is 12.0 Å². The van der Waals surface area contributed by atoms with Gasteiger partial charge in [0.15, 0.2) is 6.04 Å². The number of aromatic nitrogens is 1. The number of ether oxygens (including phenoxy) is 1. The average molecular weight is 399 g/mol. The number of methoxy groups -OCH3 is 1. The maximum atomic E-state index is 12.8. The topological polar surface area (TPSA) is 68.3 Å². The fourth-order valence-corrected chi connectivity index (χ4v) is 2.83. The third-order valence-electron chi connectivity index (χ3n) is 3.81. The summed E-state index contributed by atoms with van der Waals surface area (Å²) in [7, 11) is 1.29. The lowest BCUT2D eigenvalue weighted by molar-refractivity contribution is -0.143. The third kappa shape index (κ3) is 3.69. The number of hydrogen-bond acceptors (Lipinski definition) is 4. The van der Waals surface area contributed by atoms with Gasteiger partial charge in [-0.1, -0.05) is 40.2 Å². The molecule has 0 aliphatic rings. The molecule has 0 aliphatic heterocycles. The molecule has 0 saturated heterocycles. The minimum atomic E-state index is -0.891. The predicted octanol–water partition coefficient (Wildman–Crippen LogP) is 3.64. The molecular formula is C19H15BrN2O3. The van der Waals surface area contributed by atoms with Crippen molar-refractivity contribution in [2.24, 2.45) is 0 Å². The van der Waals surface area contributed by atoms with Gasteiger partial charge in [0.2, 0.25) is 0 Å². The number of nitrogens with zero attached hydrogens (tertiary/aromatic N) is 1. The van der Waals surface area contributed by atoms with Crippen LogP contribution in [0.1, 0.15) is 22.0 Å². The zero-order valence-corrected chi connectivity index (χ0v) is 15.0. The molecule has 126 valence electrons. The van der Waals surface area contributed by atoms with Crippen LogP contribution in [0.5, 0.6) is 0 Å². The molecule has 1 atom stereocenters. The Morgan fingerprint density at radius 2 is 1.84 bits per heavy atom. The first-order valence-electron chi connectivity index (χ1n) is 7.58. The molecule has 6 heteroatoms. The Kier molecular flexibility index (Phi) is 5.09. The maximum absolute atomic E-state index is 12.8. The first-order chi connectivity index (χ1) is 12.1. The second kappa shape index (κ2) is 7.44. The number of amides is 1. The molecule has 1 amide bonds. The second-order valence-corrected chi connectivity index (χ2v) is 6.27. The van der Waals surface area contributed by atoms with Crippen LogP contribution in [0.4, 0.5) is 0 Å². The van der Waals surface area contributed by atoms with Crippen LogP contribution in [0.3, 0.4) is 0 Å². The normalized spacial score (nSPS) is 11.8. The maximum Gasteiger partial charge on any atom is 0.333 e. The van der Waals surface area contributed by atoms with Gasteiger partial charge in [-0.15, -0.1) is 0 Å². The Bertz CT molecular complexity index is 920. The van der Waals surface area contributed by atoms with Crippen LogP contribution in [0, 0.1) is 0 Å². The summed E-state index contributed by atoms with van der Waals surface area (Å²) in [5.41, 5.74) is 1.81. The largest absolute Gasteiger partial charge is 0.467 e. The second-order valence-electron chi connectivity index (χ2n) is 5.36.